The standard InChI is InChI=1S/C9H7Cl2FO/c1-5(10)9(13)6-3-2-4-7(11)8(6)12/h2-5H,1H3. The molecule has 1 atom stereocenters. The Morgan fingerprint density at radius 3 is 2.69 bits per heavy atom. The number of hydrogen-bond acceptors (Lipinski definition) is 1. The lowest BCUT2D eigenvalue weighted by Gasteiger charge is -2.04. The maximum Gasteiger partial charge on any atom is 0.183 e. The molecule has 0 aliphatic carbocycles. The van der Waals surface area contributed by atoms with Crippen LogP contribution in [0.5, 0.6) is 0 Å². The van der Waals surface area contributed by atoms with Crippen molar-refractivity contribution in [2.45, 2.75) is 12.3 Å². The molecule has 0 radical (unpaired) electrons. The molecule has 70 valence electrons. The van der Waals surface area contributed by atoms with E-state index in [-0.39, 0.29) is 10.6 Å². The van der Waals surface area contributed by atoms with Crippen LogP contribution in [0.25, 0.3) is 0 Å². The van der Waals surface area contributed by atoms with E-state index >= 15 is 0 Å². The molecule has 0 aromatic heterocycles. The van der Waals surface area contributed by atoms with Crippen LogP contribution in [-0.2, 0) is 0 Å². The molecule has 0 heterocycles. The molecule has 0 aliphatic rings. The van der Waals surface area contributed by atoms with Crippen LogP contribution in [0.1, 0.15) is 17.3 Å². The third-order valence-corrected chi connectivity index (χ3v) is 2.07. The lowest BCUT2D eigenvalue weighted by Crippen LogP contribution is -2.12. The molecule has 0 fully saturated rings. The average molecular weight is 221 g/mol. The van der Waals surface area contributed by atoms with Crippen molar-refractivity contribution >= 4 is 29.0 Å². The second kappa shape index (κ2) is 4.07. The van der Waals surface area contributed by atoms with E-state index in [2.05, 4.69) is 0 Å². The van der Waals surface area contributed by atoms with Crippen LogP contribution in [0.3, 0.4) is 0 Å². The first-order valence-electron chi connectivity index (χ1n) is 3.66. The van der Waals surface area contributed by atoms with Gasteiger partial charge in [0.2, 0.25) is 0 Å². The maximum atomic E-state index is 13.2. The van der Waals surface area contributed by atoms with Gasteiger partial charge in [-0.3, -0.25) is 4.79 Å². The van der Waals surface area contributed by atoms with Crippen molar-refractivity contribution in [3.05, 3.63) is 34.6 Å². The first kappa shape index (κ1) is 10.5. The molecule has 1 unspecified atom stereocenters. The number of benzene rings is 1. The molecule has 0 saturated carbocycles. The Balaban J connectivity index is 3.15. The zero-order valence-electron chi connectivity index (χ0n) is 6.85. The van der Waals surface area contributed by atoms with E-state index in [0.29, 0.717) is 0 Å². The van der Waals surface area contributed by atoms with Crippen LogP contribution in [0.15, 0.2) is 18.2 Å². The summed E-state index contributed by atoms with van der Waals surface area (Å²) in [6.45, 7) is 1.49. The number of Topliss-reactive ketones (excluding diaryl/α,β-unsaturated/α-hetero) is 1. The Kier molecular flexibility index (Phi) is 3.28. The SMILES string of the molecule is CC(Cl)C(=O)c1cccc(Cl)c1F. The van der Waals surface area contributed by atoms with Crippen molar-refractivity contribution in [1.29, 1.82) is 0 Å². The Labute approximate surface area is 85.5 Å². The molecule has 0 spiro atoms. The minimum atomic E-state index is -0.743. The molecule has 1 aromatic rings. The third-order valence-electron chi connectivity index (χ3n) is 1.58. The summed E-state index contributed by atoms with van der Waals surface area (Å²) in [5.41, 5.74) is -0.0602. The Morgan fingerprint density at radius 2 is 2.15 bits per heavy atom. The van der Waals surface area contributed by atoms with Gasteiger partial charge in [-0.1, -0.05) is 17.7 Å². The minimum Gasteiger partial charge on any atom is -0.292 e. The quantitative estimate of drug-likeness (QED) is 0.553. The number of halogens is 3. The van der Waals surface area contributed by atoms with Crippen LogP contribution in [0.2, 0.25) is 5.02 Å². The molecular weight excluding hydrogens is 214 g/mol. The van der Waals surface area contributed by atoms with Crippen LogP contribution >= 0.6 is 23.2 Å². The Morgan fingerprint density at radius 1 is 1.54 bits per heavy atom. The predicted molar refractivity (Wildman–Crippen MR) is 51.1 cm³/mol. The summed E-state index contributed by atoms with van der Waals surface area (Å²) in [4.78, 5) is 11.3. The van der Waals surface area contributed by atoms with E-state index in [0.717, 1.165) is 0 Å². The fourth-order valence-electron chi connectivity index (χ4n) is 0.908. The number of carbonyl (C=O) groups excluding carboxylic acids is 1. The summed E-state index contributed by atoms with van der Waals surface area (Å²) in [6.07, 6.45) is 0. The van der Waals surface area contributed by atoms with Crippen molar-refractivity contribution < 1.29 is 9.18 Å². The Bertz CT molecular complexity index is 336. The van der Waals surface area contributed by atoms with Gasteiger partial charge in [-0.05, 0) is 19.1 Å². The number of alkyl halides is 1. The number of carbonyl (C=O) groups is 1. The van der Waals surface area contributed by atoms with Crippen molar-refractivity contribution in [2.75, 3.05) is 0 Å². The topological polar surface area (TPSA) is 17.1 Å². The highest BCUT2D eigenvalue weighted by molar-refractivity contribution is 6.34. The van der Waals surface area contributed by atoms with Gasteiger partial charge in [-0.25, -0.2) is 4.39 Å². The van der Waals surface area contributed by atoms with Gasteiger partial charge in [-0.2, -0.15) is 0 Å². The molecule has 0 saturated heterocycles. The summed E-state index contributed by atoms with van der Waals surface area (Å²) >= 11 is 11.0. The molecule has 1 aromatic carbocycles. The average Bonchev–Trinajstić information content (AvgIpc) is 2.08. The van der Waals surface area contributed by atoms with Crippen molar-refractivity contribution in [3.8, 4) is 0 Å². The number of hydrogen-bond donors (Lipinski definition) is 0. The highest BCUT2D eigenvalue weighted by Gasteiger charge is 2.17. The maximum absolute atomic E-state index is 13.2. The second-order valence-electron chi connectivity index (χ2n) is 2.58. The molecule has 0 aliphatic heterocycles. The van der Waals surface area contributed by atoms with E-state index in [1.165, 1.54) is 25.1 Å². The van der Waals surface area contributed by atoms with Crippen LogP contribution in [0.4, 0.5) is 4.39 Å². The van der Waals surface area contributed by atoms with Crippen molar-refractivity contribution in [3.63, 3.8) is 0 Å². The summed E-state index contributed by atoms with van der Waals surface area (Å²) in [5.74, 6) is -1.16. The highest BCUT2D eigenvalue weighted by Crippen LogP contribution is 2.20. The highest BCUT2D eigenvalue weighted by atomic mass is 35.5. The molecule has 0 amide bonds. The first-order chi connectivity index (χ1) is 6.04. The fourth-order valence-corrected chi connectivity index (χ4v) is 1.20. The largest absolute Gasteiger partial charge is 0.292 e. The lowest BCUT2D eigenvalue weighted by atomic mass is 10.1. The van der Waals surface area contributed by atoms with Gasteiger partial charge in [-0.15, -0.1) is 11.6 Å². The number of ketones is 1. The summed E-state index contributed by atoms with van der Waals surface area (Å²) in [5, 5.41) is -0.809. The van der Waals surface area contributed by atoms with E-state index in [4.69, 9.17) is 23.2 Å². The van der Waals surface area contributed by atoms with E-state index < -0.39 is 17.0 Å². The number of rotatable bonds is 2. The van der Waals surface area contributed by atoms with Crippen molar-refractivity contribution in [1.82, 2.24) is 0 Å². The van der Waals surface area contributed by atoms with Crippen molar-refractivity contribution in [2.24, 2.45) is 0 Å². The monoisotopic (exact) mass is 220 g/mol. The molecular formula is C9H7Cl2FO. The van der Waals surface area contributed by atoms with Gasteiger partial charge in [0.15, 0.2) is 11.6 Å². The lowest BCUT2D eigenvalue weighted by molar-refractivity contribution is 0.0988. The molecule has 0 bridgehead atoms. The molecule has 1 nitrogen and oxygen atoms in total. The zero-order valence-corrected chi connectivity index (χ0v) is 8.36. The molecule has 13 heavy (non-hydrogen) atoms. The van der Waals surface area contributed by atoms with Crippen LogP contribution < -0.4 is 0 Å². The Hall–Kier alpha value is -0.600. The van der Waals surface area contributed by atoms with Crippen LogP contribution in [0, 0.1) is 5.82 Å². The van der Waals surface area contributed by atoms with E-state index in [1.807, 2.05) is 0 Å². The predicted octanol–water partition coefficient (Wildman–Crippen LogP) is 3.29. The second-order valence-corrected chi connectivity index (χ2v) is 3.64. The van der Waals surface area contributed by atoms with E-state index in [9.17, 15) is 9.18 Å². The third kappa shape index (κ3) is 2.20. The van der Waals surface area contributed by atoms with Gasteiger partial charge < -0.3 is 0 Å². The van der Waals surface area contributed by atoms with Crippen LogP contribution in [-0.4, -0.2) is 11.2 Å². The normalized spacial score (nSPS) is 12.6. The minimum absolute atomic E-state index is 0.0602. The van der Waals surface area contributed by atoms with Gasteiger partial charge in [0, 0.05) is 0 Å². The van der Waals surface area contributed by atoms with Gasteiger partial charge in [0.25, 0.3) is 0 Å². The summed E-state index contributed by atoms with van der Waals surface area (Å²) < 4.78 is 13.2. The van der Waals surface area contributed by atoms with Gasteiger partial charge in [0.1, 0.15) is 0 Å². The molecule has 4 heteroatoms. The fraction of sp³-hybridized carbons (Fsp3) is 0.222. The zero-order chi connectivity index (χ0) is 10.0. The molecule has 1 rings (SSSR count). The van der Waals surface area contributed by atoms with Gasteiger partial charge >= 0.3 is 0 Å². The van der Waals surface area contributed by atoms with E-state index in [1.54, 1.807) is 0 Å². The molecule has 0 N–H and O–H groups in total. The summed E-state index contributed by atoms with van der Waals surface area (Å²) in [7, 11) is 0. The van der Waals surface area contributed by atoms with Gasteiger partial charge in [0.05, 0.1) is 16.0 Å². The smallest absolute Gasteiger partial charge is 0.183 e. The first-order valence-corrected chi connectivity index (χ1v) is 4.47. The summed E-state index contributed by atoms with van der Waals surface area (Å²) in [6, 6.07) is 4.26.